The Morgan fingerprint density at radius 3 is 2.64 bits per heavy atom. The molecule has 2 heterocycles. The van der Waals surface area contributed by atoms with Gasteiger partial charge in [0.2, 0.25) is 5.91 Å². The van der Waals surface area contributed by atoms with Crippen molar-refractivity contribution in [1.29, 1.82) is 0 Å². The maximum absolute atomic E-state index is 12.7. The first-order chi connectivity index (χ1) is 15.9. The molecule has 3 aromatic rings. The number of aromatic nitrogens is 3. The summed E-state index contributed by atoms with van der Waals surface area (Å²) in [6.45, 7) is 5.16. The molecule has 172 valence electrons. The topological polar surface area (TPSA) is 97.4 Å². The van der Waals surface area contributed by atoms with Crippen LogP contribution in [0.1, 0.15) is 37.1 Å². The summed E-state index contributed by atoms with van der Waals surface area (Å²) >= 11 is 0. The van der Waals surface area contributed by atoms with E-state index in [0.29, 0.717) is 36.0 Å². The first-order valence-electron chi connectivity index (χ1n) is 11.1. The second-order valence-corrected chi connectivity index (χ2v) is 8.32. The number of aromatic amines is 1. The molecule has 0 fully saturated rings. The predicted octanol–water partition coefficient (Wildman–Crippen LogP) is 3.15. The summed E-state index contributed by atoms with van der Waals surface area (Å²) in [5, 5.41) is 8.27. The highest BCUT2D eigenvalue weighted by molar-refractivity contribution is 5.76. The molecule has 8 heteroatoms. The molecule has 0 spiro atoms. The van der Waals surface area contributed by atoms with Gasteiger partial charge in [0.25, 0.3) is 5.56 Å². The van der Waals surface area contributed by atoms with Gasteiger partial charge in [0.1, 0.15) is 5.69 Å². The molecule has 0 saturated carbocycles. The Bertz CT molecular complexity index is 1210. The fourth-order valence-electron chi connectivity index (χ4n) is 3.91. The van der Waals surface area contributed by atoms with Crippen LogP contribution in [-0.4, -0.2) is 45.7 Å². The fourth-order valence-corrected chi connectivity index (χ4v) is 3.91. The highest BCUT2D eigenvalue weighted by Crippen LogP contribution is 2.31. The van der Waals surface area contributed by atoms with Crippen LogP contribution < -0.4 is 15.0 Å². The quantitative estimate of drug-likeness (QED) is 0.596. The molecule has 1 aromatic heterocycles. The number of ether oxygens (including phenoxy) is 2. The molecule has 2 aromatic carbocycles. The molecule has 1 aliphatic heterocycles. The van der Waals surface area contributed by atoms with Gasteiger partial charge in [-0.3, -0.25) is 9.59 Å². The number of hydrogen-bond donors (Lipinski definition) is 1. The summed E-state index contributed by atoms with van der Waals surface area (Å²) in [7, 11) is 1.56. The molecule has 1 N–H and O–H groups in total. The first kappa shape index (κ1) is 22.5. The minimum Gasteiger partial charge on any atom is -0.493 e. The summed E-state index contributed by atoms with van der Waals surface area (Å²) < 4.78 is 11.1. The average Bonchev–Trinajstić information content (AvgIpc) is 2.82. The van der Waals surface area contributed by atoms with Crippen molar-refractivity contribution in [3.63, 3.8) is 0 Å². The number of carbonyl (C=O) groups is 1. The second kappa shape index (κ2) is 9.85. The van der Waals surface area contributed by atoms with Crippen molar-refractivity contribution in [1.82, 2.24) is 20.1 Å². The molecule has 33 heavy (non-hydrogen) atoms. The molecular weight excluding hydrogens is 420 g/mol. The molecule has 0 unspecified atom stereocenters. The Labute approximate surface area is 192 Å². The maximum Gasteiger partial charge on any atom is 0.273 e. The number of hydrogen-bond acceptors (Lipinski definition) is 6. The number of H-pyrrole nitrogens is 1. The molecule has 0 radical (unpaired) electrons. The largest absolute Gasteiger partial charge is 0.493 e. The number of aryl methyl sites for hydroxylation is 1. The van der Waals surface area contributed by atoms with Crippen LogP contribution in [0.15, 0.2) is 47.3 Å². The first-order valence-corrected chi connectivity index (χ1v) is 11.1. The van der Waals surface area contributed by atoms with Crippen molar-refractivity contribution in [2.24, 2.45) is 0 Å². The normalized spacial score (nSPS) is 13.0. The number of amides is 1. The monoisotopic (exact) mass is 448 g/mol. The minimum absolute atomic E-state index is 0.00558. The Kier molecular flexibility index (Phi) is 6.72. The molecule has 1 amide bonds. The van der Waals surface area contributed by atoms with Crippen LogP contribution in [0.4, 0.5) is 0 Å². The van der Waals surface area contributed by atoms with Crippen molar-refractivity contribution in [3.05, 3.63) is 69.6 Å². The Hall–Kier alpha value is -3.68. The van der Waals surface area contributed by atoms with Crippen LogP contribution in [0.25, 0.3) is 11.4 Å². The number of methoxy groups -OCH3 is 1. The number of benzene rings is 2. The predicted molar refractivity (Wildman–Crippen MR) is 124 cm³/mol. The van der Waals surface area contributed by atoms with E-state index in [9.17, 15) is 9.59 Å². The Morgan fingerprint density at radius 1 is 1.12 bits per heavy atom. The van der Waals surface area contributed by atoms with Crippen molar-refractivity contribution in [2.75, 3.05) is 13.7 Å². The summed E-state index contributed by atoms with van der Waals surface area (Å²) in [5.41, 5.74) is 3.02. The van der Waals surface area contributed by atoms with Gasteiger partial charge in [-0.2, -0.15) is 0 Å². The standard InChI is InChI=1S/C25H28N4O4/c1-16(2)33-21-10-8-18(14-22(21)32-3)24-26-25(31)20(27-28-24)9-11-23(30)29-13-12-17-6-4-5-7-19(17)15-29/h4-8,10,14,16H,9,11-13,15H2,1-3H3,(H,26,28,31). The van der Waals surface area contributed by atoms with Crippen molar-refractivity contribution in [2.45, 2.75) is 45.8 Å². The summed E-state index contributed by atoms with van der Waals surface area (Å²) in [6.07, 6.45) is 1.31. The van der Waals surface area contributed by atoms with Gasteiger partial charge in [-0.15, -0.1) is 10.2 Å². The maximum atomic E-state index is 12.7. The molecule has 0 aliphatic carbocycles. The summed E-state index contributed by atoms with van der Waals surface area (Å²) in [6, 6.07) is 13.5. The van der Waals surface area contributed by atoms with Crippen LogP contribution in [0, 0.1) is 0 Å². The molecule has 0 saturated heterocycles. The number of nitrogens with one attached hydrogen (secondary N) is 1. The lowest BCUT2D eigenvalue weighted by Gasteiger charge is -2.28. The molecular formula is C25H28N4O4. The van der Waals surface area contributed by atoms with Crippen molar-refractivity contribution in [3.8, 4) is 22.9 Å². The fraction of sp³-hybridized carbons (Fsp3) is 0.360. The van der Waals surface area contributed by atoms with Gasteiger partial charge in [0.05, 0.1) is 13.2 Å². The third-order valence-electron chi connectivity index (χ3n) is 5.62. The SMILES string of the molecule is COc1cc(-c2nnc(CCC(=O)N3CCc4ccccc4C3)c(=O)[nH]2)ccc1OC(C)C. The summed E-state index contributed by atoms with van der Waals surface area (Å²) in [4.78, 5) is 29.9. The zero-order valence-electron chi connectivity index (χ0n) is 19.1. The minimum atomic E-state index is -0.349. The van der Waals surface area contributed by atoms with E-state index < -0.39 is 0 Å². The van der Waals surface area contributed by atoms with E-state index in [4.69, 9.17) is 9.47 Å². The zero-order valence-corrected chi connectivity index (χ0v) is 19.1. The van der Waals surface area contributed by atoms with E-state index in [1.165, 1.54) is 11.1 Å². The second-order valence-electron chi connectivity index (χ2n) is 8.32. The third-order valence-corrected chi connectivity index (χ3v) is 5.62. The smallest absolute Gasteiger partial charge is 0.273 e. The van der Waals surface area contributed by atoms with Crippen LogP contribution in [-0.2, 0) is 24.2 Å². The zero-order chi connectivity index (χ0) is 23.4. The number of fused-ring (bicyclic) bond motifs is 1. The summed E-state index contributed by atoms with van der Waals surface area (Å²) in [5.74, 6) is 1.50. The molecule has 1 aliphatic rings. The van der Waals surface area contributed by atoms with E-state index in [1.54, 1.807) is 25.3 Å². The number of rotatable bonds is 7. The van der Waals surface area contributed by atoms with Gasteiger partial charge in [-0.1, -0.05) is 24.3 Å². The van der Waals surface area contributed by atoms with Crippen LogP contribution >= 0.6 is 0 Å². The highest BCUT2D eigenvalue weighted by atomic mass is 16.5. The lowest BCUT2D eigenvalue weighted by Crippen LogP contribution is -2.36. The van der Waals surface area contributed by atoms with Gasteiger partial charge in [-0.25, -0.2) is 0 Å². The van der Waals surface area contributed by atoms with Gasteiger partial charge in [-0.05, 0) is 49.6 Å². The lowest BCUT2D eigenvalue weighted by molar-refractivity contribution is -0.132. The van der Waals surface area contributed by atoms with Gasteiger partial charge < -0.3 is 19.4 Å². The van der Waals surface area contributed by atoms with E-state index in [1.807, 2.05) is 30.9 Å². The van der Waals surface area contributed by atoms with Crippen LogP contribution in [0.2, 0.25) is 0 Å². The molecule has 4 rings (SSSR count). The van der Waals surface area contributed by atoms with Gasteiger partial charge in [0.15, 0.2) is 17.3 Å². The lowest BCUT2D eigenvalue weighted by atomic mass is 9.99. The Balaban J connectivity index is 1.42. The average molecular weight is 449 g/mol. The molecule has 8 nitrogen and oxygen atoms in total. The van der Waals surface area contributed by atoms with E-state index in [-0.39, 0.29) is 36.1 Å². The van der Waals surface area contributed by atoms with Crippen LogP contribution in [0.5, 0.6) is 11.5 Å². The number of nitrogens with zero attached hydrogens (tertiary/aromatic N) is 3. The van der Waals surface area contributed by atoms with E-state index in [0.717, 1.165) is 6.42 Å². The number of carbonyl (C=O) groups excluding carboxylic acids is 1. The molecule has 0 bridgehead atoms. The van der Waals surface area contributed by atoms with E-state index >= 15 is 0 Å². The van der Waals surface area contributed by atoms with Gasteiger partial charge >= 0.3 is 0 Å². The van der Waals surface area contributed by atoms with Crippen molar-refractivity contribution >= 4 is 5.91 Å². The van der Waals surface area contributed by atoms with Gasteiger partial charge in [0, 0.05) is 31.5 Å². The van der Waals surface area contributed by atoms with E-state index in [2.05, 4.69) is 27.3 Å². The van der Waals surface area contributed by atoms with Crippen LogP contribution in [0.3, 0.4) is 0 Å². The molecule has 0 atom stereocenters. The third kappa shape index (κ3) is 5.22. The Morgan fingerprint density at radius 2 is 1.91 bits per heavy atom. The highest BCUT2D eigenvalue weighted by Gasteiger charge is 2.21. The van der Waals surface area contributed by atoms with Crippen molar-refractivity contribution < 1.29 is 14.3 Å².